The van der Waals surface area contributed by atoms with Crippen molar-refractivity contribution in [2.45, 2.75) is 117 Å². The molecule has 0 amide bonds. The molecule has 0 bridgehead atoms. The summed E-state index contributed by atoms with van der Waals surface area (Å²) in [5.41, 5.74) is 0. The lowest BCUT2D eigenvalue weighted by molar-refractivity contribution is -0.132. The molecule has 0 aromatic heterocycles. The van der Waals surface area contributed by atoms with E-state index >= 15 is 0 Å². The Morgan fingerprint density at radius 1 is 0.400 bits per heavy atom. The van der Waals surface area contributed by atoms with Crippen LogP contribution in [0.25, 0.3) is 0 Å². The smallest absolute Gasteiger partial charge is 0.328 e. The molecule has 0 saturated heterocycles. The number of carboxylic acids is 2. The summed E-state index contributed by atoms with van der Waals surface area (Å²) >= 11 is 0. The van der Waals surface area contributed by atoms with Gasteiger partial charge in [0.2, 0.25) is 0 Å². The van der Waals surface area contributed by atoms with Gasteiger partial charge < -0.3 is 10.2 Å². The lowest BCUT2D eigenvalue weighted by atomic mass is 10.1. The second kappa shape index (κ2) is 35.9. The SMILES string of the molecule is CCCCCCCCC/C=C/C=C/C=C/C=C/C(=O)O.CCCCCCCCC/C=C/C=C/C=C/C=C/C(=O)O. The number of aliphatic carboxylic acids is 2. The molecular formula is C36H56O4. The number of hydrogen-bond donors (Lipinski definition) is 2. The van der Waals surface area contributed by atoms with Crippen molar-refractivity contribution in [1.82, 2.24) is 0 Å². The second-order valence-corrected chi connectivity index (χ2v) is 9.61. The van der Waals surface area contributed by atoms with Crippen LogP contribution in [0.15, 0.2) is 97.2 Å². The number of hydrogen-bond acceptors (Lipinski definition) is 2. The van der Waals surface area contributed by atoms with Gasteiger partial charge in [0, 0.05) is 12.2 Å². The monoisotopic (exact) mass is 552 g/mol. The van der Waals surface area contributed by atoms with Gasteiger partial charge in [0.05, 0.1) is 0 Å². The molecular weight excluding hydrogens is 496 g/mol. The summed E-state index contributed by atoms with van der Waals surface area (Å²) in [4.78, 5) is 20.4. The van der Waals surface area contributed by atoms with Gasteiger partial charge in [0.25, 0.3) is 0 Å². The van der Waals surface area contributed by atoms with E-state index in [9.17, 15) is 9.59 Å². The fourth-order valence-corrected chi connectivity index (χ4v) is 3.58. The highest BCUT2D eigenvalue weighted by Crippen LogP contribution is 2.09. The van der Waals surface area contributed by atoms with Crippen LogP contribution in [0.3, 0.4) is 0 Å². The van der Waals surface area contributed by atoms with Crippen LogP contribution in [0, 0.1) is 0 Å². The first-order valence-electron chi connectivity index (χ1n) is 15.3. The molecule has 0 radical (unpaired) electrons. The van der Waals surface area contributed by atoms with Gasteiger partial charge in [-0.2, -0.15) is 0 Å². The number of allylic oxidation sites excluding steroid dienone is 14. The molecule has 0 heterocycles. The highest BCUT2D eigenvalue weighted by atomic mass is 16.4. The molecule has 4 heteroatoms. The zero-order chi connectivity index (χ0) is 29.8. The maximum absolute atomic E-state index is 10.2. The van der Waals surface area contributed by atoms with E-state index in [0.29, 0.717) is 0 Å². The summed E-state index contributed by atoms with van der Waals surface area (Å²) in [6, 6.07) is 0. The Balaban J connectivity index is 0. The highest BCUT2D eigenvalue weighted by molar-refractivity contribution is 5.80. The Morgan fingerprint density at radius 2 is 0.675 bits per heavy atom. The van der Waals surface area contributed by atoms with Crippen LogP contribution in [0.2, 0.25) is 0 Å². The zero-order valence-electron chi connectivity index (χ0n) is 25.3. The van der Waals surface area contributed by atoms with Crippen molar-refractivity contribution in [3.05, 3.63) is 97.2 Å². The van der Waals surface area contributed by atoms with E-state index in [4.69, 9.17) is 10.2 Å². The third-order valence-corrected chi connectivity index (χ3v) is 5.81. The first-order valence-corrected chi connectivity index (χ1v) is 15.3. The molecule has 0 fully saturated rings. The molecule has 4 nitrogen and oxygen atoms in total. The van der Waals surface area contributed by atoms with Crippen molar-refractivity contribution in [2.24, 2.45) is 0 Å². The molecule has 0 aliphatic heterocycles. The number of carbonyl (C=O) groups is 2. The molecule has 0 aromatic carbocycles. The summed E-state index contributed by atoms with van der Waals surface area (Å²) in [5, 5.41) is 16.7. The molecule has 40 heavy (non-hydrogen) atoms. The third kappa shape index (κ3) is 42.0. The molecule has 0 aromatic rings. The molecule has 0 aliphatic rings. The zero-order valence-corrected chi connectivity index (χ0v) is 25.3. The van der Waals surface area contributed by atoms with Crippen LogP contribution < -0.4 is 0 Å². The van der Waals surface area contributed by atoms with Gasteiger partial charge in [-0.1, -0.05) is 176 Å². The minimum Gasteiger partial charge on any atom is -0.478 e. The summed E-state index contributed by atoms with van der Waals surface area (Å²) < 4.78 is 0. The average Bonchev–Trinajstić information content (AvgIpc) is 2.93. The van der Waals surface area contributed by atoms with E-state index in [-0.39, 0.29) is 0 Å². The summed E-state index contributed by atoms with van der Waals surface area (Å²) in [7, 11) is 0. The number of carboxylic acid groups (broad SMARTS) is 2. The van der Waals surface area contributed by atoms with Crippen LogP contribution in [0.4, 0.5) is 0 Å². The predicted octanol–water partition coefficient (Wildman–Crippen LogP) is 10.9. The van der Waals surface area contributed by atoms with Crippen LogP contribution in [-0.2, 0) is 9.59 Å². The van der Waals surface area contributed by atoms with E-state index in [0.717, 1.165) is 25.0 Å². The van der Waals surface area contributed by atoms with Gasteiger partial charge in [-0.25, -0.2) is 9.59 Å². The fraction of sp³-hybridized carbons (Fsp3) is 0.500. The number of rotatable bonds is 24. The summed E-state index contributed by atoms with van der Waals surface area (Å²) in [5.74, 6) is -1.85. The normalized spacial score (nSPS) is 12.4. The lowest BCUT2D eigenvalue weighted by Crippen LogP contribution is -1.84. The molecule has 0 rings (SSSR count). The Labute approximate surface area is 245 Å². The largest absolute Gasteiger partial charge is 0.478 e. The van der Waals surface area contributed by atoms with Crippen LogP contribution in [0.1, 0.15) is 117 Å². The minimum atomic E-state index is -0.923. The molecule has 0 aliphatic carbocycles. The highest BCUT2D eigenvalue weighted by Gasteiger charge is 1.90. The lowest BCUT2D eigenvalue weighted by Gasteiger charge is -1.98. The second-order valence-electron chi connectivity index (χ2n) is 9.61. The third-order valence-electron chi connectivity index (χ3n) is 5.81. The van der Waals surface area contributed by atoms with Crippen LogP contribution in [-0.4, -0.2) is 22.2 Å². The van der Waals surface area contributed by atoms with Crippen molar-refractivity contribution in [3.8, 4) is 0 Å². The van der Waals surface area contributed by atoms with Crippen LogP contribution >= 0.6 is 0 Å². The average molecular weight is 553 g/mol. The van der Waals surface area contributed by atoms with Gasteiger partial charge in [-0.15, -0.1) is 0 Å². The first-order chi connectivity index (χ1) is 19.5. The van der Waals surface area contributed by atoms with Crippen molar-refractivity contribution < 1.29 is 19.8 Å². The van der Waals surface area contributed by atoms with E-state index < -0.39 is 11.9 Å². The Kier molecular flexibility index (Phi) is 35.0. The van der Waals surface area contributed by atoms with Gasteiger partial charge in [0.15, 0.2) is 0 Å². The topological polar surface area (TPSA) is 74.6 Å². The summed E-state index contributed by atoms with van der Waals surface area (Å²) in [6.07, 6.45) is 49.6. The quantitative estimate of drug-likeness (QED) is 0.0709. The van der Waals surface area contributed by atoms with Crippen molar-refractivity contribution in [1.29, 1.82) is 0 Å². The van der Waals surface area contributed by atoms with E-state index in [2.05, 4.69) is 26.0 Å². The Hall–Kier alpha value is -3.14. The summed E-state index contributed by atoms with van der Waals surface area (Å²) in [6.45, 7) is 4.49. The Bertz CT molecular complexity index is 739. The fourth-order valence-electron chi connectivity index (χ4n) is 3.58. The van der Waals surface area contributed by atoms with E-state index in [1.807, 2.05) is 48.6 Å². The van der Waals surface area contributed by atoms with Crippen molar-refractivity contribution >= 4 is 11.9 Å². The van der Waals surface area contributed by atoms with Gasteiger partial charge >= 0.3 is 11.9 Å². The predicted molar refractivity (Wildman–Crippen MR) is 174 cm³/mol. The molecule has 2 N–H and O–H groups in total. The number of unbranched alkanes of at least 4 members (excludes halogenated alkanes) is 14. The Morgan fingerprint density at radius 3 is 1.00 bits per heavy atom. The molecule has 0 saturated carbocycles. The van der Waals surface area contributed by atoms with Crippen molar-refractivity contribution in [3.63, 3.8) is 0 Å². The molecule has 224 valence electrons. The first kappa shape index (κ1) is 39.0. The van der Waals surface area contributed by atoms with Crippen molar-refractivity contribution in [2.75, 3.05) is 0 Å². The van der Waals surface area contributed by atoms with E-state index in [1.165, 1.54) is 102 Å². The van der Waals surface area contributed by atoms with Gasteiger partial charge in [-0.05, 0) is 25.7 Å². The standard InChI is InChI=1S/2C18H28O2/c2*1-2-3-4-5-6-7-8-9-10-11-12-13-14-15-16-17-18(19)20/h2*10-17H,2-9H2,1H3,(H,19,20)/b2*11-10+,13-12+,15-14+,17-16+. The maximum Gasteiger partial charge on any atom is 0.328 e. The van der Waals surface area contributed by atoms with E-state index in [1.54, 1.807) is 12.2 Å². The van der Waals surface area contributed by atoms with Gasteiger partial charge in [0.1, 0.15) is 0 Å². The maximum atomic E-state index is 10.2. The van der Waals surface area contributed by atoms with Crippen LogP contribution in [0.5, 0.6) is 0 Å². The molecule has 0 spiro atoms. The molecule has 0 unspecified atom stereocenters. The van der Waals surface area contributed by atoms with Gasteiger partial charge in [-0.3, -0.25) is 0 Å². The minimum absolute atomic E-state index is 0.923. The molecule has 0 atom stereocenters.